The van der Waals surface area contributed by atoms with Crippen LogP contribution in [0.5, 0.6) is 0 Å². The van der Waals surface area contributed by atoms with Crippen LogP contribution >= 0.6 is 0 Å². The highest BCUT2D eigenvalue weighted by molar-refractivity contribution is 5.94. The average molecular weight is 514 g/mol. The van der Waals surface area contributed by atoms with E-state index in [0.29, 0.717) is 19.3 Å². The molecule has 0 aliphatic rings. The summed E-state index contributed by atoms with van der Waals surface area (Å²) >= 11 is 0. The lowest BCUT2D eigenvalue weighted by Gasteiger charge is -2.27. The van der Waals surface area contributed by atoms with E-state index in [1.54, 1.807) is 6.92 Å². The number of hydrogen-bond acceptors (Lipinski definition) is 6. The van der Waals surface area contributed by atoms with Crippen molar-refractivity contribution in [2.24, 2.45) is 39.9 Å². The van der Waals surface area contributed by atoms with Gasteiger partial charge < -0.3 is 38.3 Å². The van der Waals surface area contributed by atoms with Gasteiger partial charge in [-0.1, -0.05) is 48.0 Å². The zero-order valence-corrected chi connectivity index (χ0v) is 22.5. The SMILES string of the molecule is CCC(C)C(NC(=O)C(CC(C)C)NC(=O)C(CCCN=C(N)N)NC(=O)C(N)CC(C)C)C(=O)O. The molecule has 0 aromatic heterocycles. The molecule has 12 heteroatoms. The predicted octanol–water partition coefficient (Wildman–Crippen LogP) is 0.0446. The highest BCUT2D eigenvalue weighted by atomic mass is 16.4. The first kappa shape index (κ1) is 33.1. The molecule has 0 aliphatic carbocycles. The minimum atomic E-state index is -1.14. The minimum absolute atomic E-state index is 0.0299. The molecule has 5 atom stereocenters. The van der Waals surface area contributed by atoms with Gasteiger partial charge in [-0.25, -0.2) is 4.79 Å². The van der Waals surface area contributed by atoms with Gasteiger partial charge in [0.2, 0.25) is 17.7 Å². The first-order chi connectivity index (χ1) is 16.7. The van der Waals surface area contributed by atoms with E-state index in [-0.39, 0.29) is 43.1 Å². The van der Waals surface area contributed by atoms with E-state index < -0.39 is 47.9 Å². The van der Waals surface area contributed by atoms with Crippen molar-refractivity contribution in [1.82, 2.24) is 16.0 Å². The second kappa shape index (κ2) is 16.7. The highest BCUT2D eigenvalue weighted by Crippen LogP contribution is 2.12. The number of nitrogens with two attached hydrogens (primary N) is 3. The van der Waals surface area contributed by atoms with E-state index in [9.17, 15) is 24.3 Å². The molecule has 10 N–H and O–H groups in total. The molecule has 0 rings (SSSR count). The number of hydrogen-bond donors (Lipinski definition) is 7. The van der Waals surface area contributed by atoms with Gasteiger partial charge in [0.25, 0.3) is 0 Å². The summed E-state index contributed by atoms with van der Waals surface area (Å²) < 4.78 is 0. The van der Waals surface area contributed by atoms with E-state index in [2.05, 4.69) is 20.9 Å². The van der Waals surface area contributed by atoms with Crippen molar-refractivity contribution in [3.63, 3.8) is 0 Å². The number of nitrogens with one attached hydrogen (secondary N) is 3. The summed E-state index contributed by atoms with van der Waals surface area (Å²) in [4.78, 5) is 54.4. The third kappa shape index (κ3) is 13.3. The maximum atomic E-state index is 13.2. The fourth-order valence-corrected chi connectivity index (χ4v) is 3.58. The van der Waals surface area contributed by atoms with Crippen LogP contribution in [0.4, 0.5) is 0 Å². The van der Waals surface area contributed by atoms with E-state index in [0.717, 1.165) is 0 Å². The predicted molar refractivity (Wildman–Crippen MR) is 140 cm³/mol. The molecule has 36 heavy (non-hydrogen) atoms. The summed E-state index contributed by atoms with van der Waals surface area (Å²) in [6, 6.07) is -3.83. The normalized spacial score (nSPS) is 15.4. The first-order valence-electron chi connectivity index (χ1n) is 12.6. The van der Waals surface area contributed by atoms with Gasteiger partial charge in [0.15, 0.2) is 5.96 Å². The van der Waals surface area contributed by atoms with Crippen molar-refractivity contribution in [2.45, 2.75) is 97.8 Å². The van der Waals surface area contributed by atoms with Gasteiger partial charge in [-0.2, -0.15) is 0 Å². The number of carbonyl (C=O) groups excluding carboxylic acids is 3. The van der Waals surface area contributed by atoms with Crippen LogP contribution in [0.2, 0.25) is 0 Å². The Morgan fingerprint density at radius 1 is 0.833 bits per heavy atom. The molecule has 0 saturated carbocycles. The van der Waals surface area contributed by atoms with Crippen LogP contribution < -0.4 is 33.2 Å². The van der Waals surface area contributed by atoms with Gasteiger partial charge >= 0.3 is 5.97 Å². The number of carboxylic acids is 1. The number of nitrogens with zero attached hydrogens (tertiary/aromatic N) is 1. The van der Waals surface area contributed by atoms with Crippen molar-refractivity contribution < 1.29 is 24.3 Å². The Bertz CT molecular complexity index is 753. The zero-order chi connectivity index (χ0) is 28.0. The standard InChI is InChI=1S/C24H47N7O5/c1-7-15(6)19(23(35)36)31-22(34)18(12-14(4)5)30-21(33)17(9-8-10-28-24(26)27)29-20(32)16(25)11-13(2)3/h13-19H,7-12,25H2,1-6H3,(H,29,32)(H,30,33)(H,31,34)(H,35,36)(H4,26,27,28). The second-order valence-corrected chi connectivity index (χ2v) is 10.1. The monoisotopic (exact) mass is 513 g/mol. The third-order valence-electron chi connectivity index (χ3n) is 5.76. The molecule has 0 aliphatic heterocycles. The van der Waals surface area contributed by atoms with Gasteiger partial charge in [0.05, 0.1) is 6.04 Å². The Labute approximate surface area is 214 Å². The fraction of sp³-hybridized carbons (Fsp3) is 0.792. The van der Waals surface area contributed by atoms with Gasteiger partial charge in [-0.15, -0.1) is 0 Å². The quantitative estimate of drug-likeness (QED) is 0.0798. The Kier molecular flexibility index (Phi) is 15.4. The minimum Gasteiger partial charge on any atom is -0.480 e. The summed E-state index contributed by atoms with van der Waals surface area (Å²) in [6.45, 7) is 11.5. The molecular weight excluding hydrogens is 466 g/mol. The Hall–Kier alpha value is -2.89. The van der Waals surface area contributed by atoms with Crippen molar-refractivity contribution in [3.8, 4) is 0 Å². The number of carbonyl (C=O) groups is 4. The van der Waals surface area contributed by atoms with Crippen LogP contribution in [0.25, 0.3) is 0 Å². The van der Waals surface area contributed by atoms with Crippen molar-refractivity contribution in [1.29, 1.82) is 0 Å². The average Bonchev–Trinajstić information content (AvgIpc) is 2.76. The van der Waals surface area contributed by atoms with E-state index in [4.69, 9.17) is 17.2 Å². The number of guanidine groups is 1. The van der Waals surface area contributed by atoms with E-state index in [1.807, 2.05) is 34.6 Å². The Morgan fingerprint density at radius 2 is 1.36 bits per heavy atom. The van der Waals surface area contributed by atoms with Crippen molar-refractivity contribution in [2.75, 3.05) is 6.54 Å². The van der Waals surface area contributed by atoms with Crippen LogP contribution in [-0.2, 0) is 19.2 Å². The van der Waals surface area contributed by atoms with Crippen molar-refractivity contribution >= 4 is 29.7 Å². The molecule has 0 aromatic carbocycles. The summed E-state index contributed by atoms with van der Waals surface area (Å²) in [5, 5.41) is 17.5. The van der Waals surface area contributed by atoms with Gasteiger partial charge in [-0.05, 0) is 43.4 Å². The van der Waals surface area contributed by atoms with E-state index in [1.165, 1.54) is 0 Å². The summed E-state index contributed by atoms with van der Waals surface area (Å²) in [6.07, 6.45) is 1.89. The van der Waals surface area contributed by atoms with Crippen LogP contribution in [0.1, 0.15) is 73.6 Å². The molecule has 0 bridgehead atoms. The molecular formula is C24H47N7O5. The van der Waals surface area contributed by atoms with Gasteiger partial charge in [0, 0.05) is 6.54 Å². The third-order valence-corrected chi connectivity index (χ3v) is 5.76. The topological polar surface area (TPSA) is 215 Å². The van der Waals surface area contributed by atoms with Crippen LogP contribution in [-0.4, -0.2) is 65.5 Å². The summed E-state index contributed by atoms with van der Waals surface area (Å²) in [7, 11) is 0. The molecule has 0 aromatic rings. The smallest absolute Gasteiger partial charge is 0.326 e. The largest absolute Gasteiger partial charge is 0.480 e. The zero-order valence-electron chi connectivity index (χ0n) is 22.5. The Balaban J connectivity index is 5.65. The molecule has 5 unspecified atom stereocenters. The second-order valence-electron chi connectivity index (χ2n) is 10.1. The lowest BCUT2D eigenvalue weighted by atomic mass is 9.97. The maximum Gasteiger partial charge on any atom is 0.326 e. The lowest BCUT2D eigenvalue weighted by Crippen LogP contribution is -2.58. The molecule has 3 amide bonds. The number of aliphatic carboxylic acids is 1. The van der Waals surface area contributed by atoms with Gasteiger partial charge in [0.1, 0.15) is 18.1 Å². The number of carboxylic acid groups (broad SMARTS) is 1. The maximum absolute atomic E-state index is 13.2. The summed E-state index contributed by atoms with van der Waals surface area (Å²) in [5.74, 6) is -2.94. The van der Waals surface area contributed by atoms with E-state index >= 15 is 0 Å². The number of aliphatic imine (C=N–C) groups is 1. The molecule has 0 radical (unpaired) electrons. The van der Waals surface area contributed by atoms with Crippen LogP contribution in [0.15, 0.2) is 4.99 Å². The van der Waals surface area contributed by atoms with Gasteiger partial charge in [-0.3, -0.25) is 19.4 Å². The molecule has 0 fully saturated rings. The lowest BCUT2D eigenvalue weighted by molar-refractivity contribution is -0.144. The van der Waals surface area contributed by atoms with Crippen molar-refractivity contribution in [3.05, 3.63) is 0 Å². The molecule has 0 spiro atoms. The molecule has 0 saturated heterocycles. The Morgan fingerprint density at radius 3 is 1.83 bits per heavy atom. The molecule has 0 heterocycles. The molecule has 12 nitrogen and oxygen atoms in total. The number of amides is 3. The highest BCUT2D eigenvalue weighted by Gasteiger charge is 2.32. The van der Waals surface area contributed by atoms with Crippen LogP contribution in [0.3, 0.4) is 0 Å². The number of rotatable bonds is 17. The fourth-order valence-electron chi connectivity index (χ4n) is 3.58. The molecule has 208 valence electrons. The first-order valence-corrected chi connectivity index (χ1v) is 12.6. The summed E-state index contributed by atoms with van der Waals surface area (Å²) in [5.41, 5.74) is 16.7. The van der Waals surface area contributed by atoms with Crippen LogP contribution in [0, 0.1) is 17.8 Å².